The summed E-state index contributed by atoms with van der Waals surface area (Å²) in [7, 11) is 0. The summed E-state index contributed by atoms with van der Waals surface area (Å²) in [5, 5.41) is 19.6. The molecule has 250 valence electrons. The van der Waals surface area contributed by atoms with Crippen LogP contribution in [0.5, 0.6) is 5.88 Å². The third kappa shape index (κ3) is 4.88. The Morgan fingerprint density at radius 2 is 1.25 bits per heavy atom. The Labute approximate surface area is 298 Å². The first-order valence-corrected chi connectivity index (χ1v) is 17.8. The minimum atomic E-state index is -0.114. The van der Waals surface area contributed by atoms with Crippen molar-refractivity contribution >= 4 is 48.9 Å². The maximum atomic E-state index is 11.7. The lowest BCUT2D eigenvalue weighted by molar-refractivity contribution is 0.447. The highest BCUT2D eigenvalue weighted by Gasteiger charge is 2.24. The zero-order valence-electron chi connectivity index (χ0n) is 30.3. The molecule has 0 aliphatic carbocycles. The lowest BCUT2D eigenvalue weighted by Crippen LogP contribution is -2.11. The van der Waals surface area contributed by atoms with E-state index in [9.17, 15) is 5.11 Å². The van der Waals surface area contributed by atoms with E-state index in [1.54, 1.807) is 0 Å². The van der Waals surface area contributed by atoms with E-state index in [1.165, 1.54) is 21.9 Å². The number of aromatic hydroxyl groups is 1. The predicted molar refractivity (Wildman–Crippen MR) is 214 cm³/mol. The molecule has 4 nitrogen and oxygen atoms in total. The fraction of sp³-hybridized carbons (Fsp3) is 0.191. The standard InChI is InChI=1S/C47H41N3O/c1-27-35-14-11-15-37-38-24-30-21-33(46(2,3)4)16-17-36(30)39-26-41(49-44(42(38)39)50(43(35)37)45(27)51)32-20-31(22-34(23-32)47(5,6)7)40-25-29(18-19-48-40)28-12-9-8-10-13-28/h8-26,51H,1-7H3. The van der Waals surface area contributed by atoms with Crippen LogP contribution in [0.25, 0.3) is 82.5 Å². The van der Waals surface area contributed by atoms with E-state index in [1.807, 2.05) is 23.6 Å². The molecule has 0 aliphatic rings. The Kier molecular flexibility index (Phi) is 6.67. The Hall–Kier alpha value is -5.74. The third-order valence-electron chi connectivity index (χ3n) is 10.7. The minimum Gasteiger partial charge on any atom is -0.494 e. The largest absolute Gasteiger partial charge is 0.494 e. The van der Waals surface area contributed by atoms with Gasteiger partial charge in [-0.15, -0.1) is 0 Å². The van der Waals surface area contributed by atoms with Crippen LogP contribution in [0.1, 0.15) is 58.2 Å². The predicted octanol–water partition coefficient (Wildman–Crippen LogP) is 12.4. The molecule has 0 bridgehead atoms. The van der Waals surface area contributed by atoms with E-state index in [4.69, 9.17) is 9.97 Å². The van der Waals surface area contributed by atoms with Gasteiger partial charge >= 0.3 is 0 Å². The number of benzene rings is 5. The van der Waals surface area contributed by atoms with Crippen LogP contribution in [0.15, 0.2) is 115 Å². The average Bonchev–Trinajstić information content (AvgIpc) is 3.39. The monoisotopic (exact) mass is 663 g/mol. The van der Waals surface area contributed by atoms with Gasteiger partial charge in [-0.25, -0.2) is 4.98 Å². The molecule has 51 heavy (non-hydrogen) atoms. The summed E-state index contributed by atoms with van der Waals surface area (Å²) in [6, 6.07) is 39.4. The summed E-state index contributed by atoms with van der Waals surface area (Å²) in [6.07, 6.45) is 1.90. The molecule has 0 saturated carbocycles. The van der Waals surface area contributed by atoms with E-state index in [-0.39, 0.29) is 16.7 Å². The first-order chi connectivity index (χ1) is 24.4. The van der Waals surface area contributed by atoms with Crippen molar-refractivity contribution in [2.75, 3.05) is 0 Å². The van der Waals surface area contributed by atoms with Crippen molar-refractivity contribution in [1.29, 1.82) is 0 Å². The first-order valence-electron chi connectivity index (χ1n) is 17.8. The number of hydrogen-bond donors (Lipinski definition) is 1. The number of pyridine rings is 3. The van der Waals surface area contributed by atoms with Crippen molar-refractivity contribution in [3.63, 3.8) is 0 Å². The van der Waals surface area contributed by atoms with Crippen LogP contribution < -0.4 is 0 Å². The summed E-state index contributed by atoms with van der Waals surface area (Å²) in [4.78, 5) is 10.3. The average molecular weight is 664 g/mol. The lowest BCUT2D eigenvalue weighted by Gasteiger charge is -2.22. The summed E-state index contributed by atoms with van der Waals surface area (Å²) in [5.41, 5.74) is 11.2. The van der Waals surface area contributed by atoms with Gasteiger partial charge in [-0.3, -0.25) is 9.38 Å². The third-order valence-corrected chi connectivity index (χ3v) is 10.7. The number of nitrogens with zero attached hydrogens (tertiary/aromatic N) is 3. The van der Waals surface area contributed by atoms with Crippen molar-refractivity contribution in [3.8, 4) is 39.5 Å². The fourth-order valence-electron chi connectivity index (χ4n) is 7.81. The lowest BCUT2D eigenvalue weighted by atomic mass is 9.83. The summed E-state index contributed by atoms with van der Waals surface area (Å²) in [5.74, 6) is 0.239. The Balaban J connectivity index is 1.39. The van der Waals surface area contributed by atoms with Crippen molar-refractivity contribution in [3.05, 3.63) is 132 Å². The molecule has 0 radical (unpaired) electrons. The Morgan fingerprint density at radius 1 is 0.549 bits per heavy atom. The van der Waals surface area contributed by atoms with Crippen molar-refractivity contribution in [1.82, 2.24) is 14.4 Å². The molecular formula is C47H41N3O. The second kappa shape index (κ2) is 10.9. The first kappa shape index (κ1) is 31.3. The molecule has 0 atom stereocenters. The number of aromatic nitrogens is 3. The van der Waals surface area contributed by atoms with Gasteiger partial charge in [0.25, 0.3) is 0 Å². The minimum absolute atomic E-state index is 0.0161. The van der Waals surface area contributed by atoms with Gasteiger partial charge in [0.1, 0.15) is 5.65 Å². The van der Waals surface area contributed by atoms with Crippen LogP contribution in [0.2, 0.25) is 0 Å². The van der Waals surface area contributed by atoms with E-state index in [0.29, 0.717) is 0 Å². The van der Waals surface area contributed by atoms with E-state index in [0.717, 1.165) is 77.3 Å². The smallest absolute Gasteiger partial charge is 0.201 e. The van der Waals surface area contributed by atoms with E-state index in [2.05, 4.69) is 145 Å². The molecule has 0 unspecified atom stereocenters. The molecule has 0 fully saturated rings. The molecule has 1 N–H and O–H groups in total. The highest BCUT2D eigenvalue weighted by molar-refractivity contribution is 6.28. The quantitative estimate of drug-likeness (QED) is 0.151. The van der Waals surface area contributed by atoms with Gasteiger partial charge < -0.3 is 5.11 Å². The molecule has 0 amide bonds. The van der Waals surface area contributed by atoms with Crippen LogP contribution in [0.3, 0.4) is 0 Å². The second-order valence-electron chi connectivity index (χ2n) is 16.2. The van der Waals surface area contributed by atoms with Crippen molar-refractivity contribution in [2.24, 2.45) is 0 Å². The molecule has 0 spiro atoms. The molecule has 9 aromatic rings. The number of rotatable bonds is 3. The van der Waals surface area contributed by atoms with Crippen LogP contribution in [-0.2, 0) is 10.8 Å². The molecular weight excluding hydrogens is 623 g/mol. The van der Waals surface area contributed by atoms with Crippen LogP contribution >= 0.6 is 0 Å². The summed E-state index contributed by atoms with van der Waals surface area (Å²) >= 11 is 0. The molecule has 0 saturated heterocycles. The fourth-order valence-corrected chi connectivity index (χ4v) is 7.81. The maximum Gasteiger partial charge on any atom is 0.201 e. The van der Waals surface area contributed by atoms with Crippen LogP contribution in [-0.4, -0.2) is 19.5 Å². The van der Waals surface area contributed by atoms with Gasteiger partial charge in [-0.05, 0) is 104 Å². The van der Waals surface area contributed by atoms with Gasteiger partial charge in [0.2, 0.25) is 5.88 Å². The van der Waals surface area contributed by atoms with Gasteiger partial charge in [-0.2, -0.15) is 0 Å². The Bertz CT molecular complexity index is 2830. The van der Waals surface area contributed by atoms with Crippen LogP contribution in [0, 0.1) is 6.92 Å². The highest BCUT2D eigenvalue weighted by Crippen LogP contribution is 2.45. The number of fused-ring (bicyclic) bond motifs is 4. The molecule has 4 heteroatoms. The van der Waals surface area contributed by atoms with E-state index >= 15 is 0 Å². The second-order valence-corrected chi connectivity index (χ2v) is 16.2. The van der Waals surface area contributed by atoms with Gasteiger partial charge in [0.15, 0.2) is 0 Å². The Morgan fingerprint density at radius 3 is 2.00 bits per heavy atom. The maximum absolute atomic E-state index is 11.7. The SMILES string of the molecule is Cc1c(O)n2c3nc(-c4cc(-c5cc(-c6ccccc6)ccn5)cc(C(C)(C)C)c4)cc4c5ccc(C(C)(C)C)cc5cc(c5cccc1c52)c43. The number of para-hydroxylation sites is 1. The molecule has 0 aliphatic heterocycles. The van der Waals surface area contributed by atoms with E-state index < -0.39 is 0 Å². The molecule has 4 aromatic heterocycles. The number of aryl methyl sites for hydroxylation is 1. The van der Waals surface area contributed by atoms with Crippen molar-refractivity contribution in [2.45, 2.75) is 59.3 Å². The molecule has 5 aromatic carbocycles. The number of hydrogen-bond acceptors (Lipinski definition) is 3. The molecule has 9 rings (SSSR count). The normalized spacial score (nSPS) is 12.7. The highest BCUT2D eigenvalue weighted by atomic mass is 16.3. The summed E-state index contributed by atoms with van der Waals surface area (Å²) in [6.45, 7) is 15.6. The van der Waals surface area contributed by atoms with Gasteiger partial charge in [0, 0.05) is 39.0 Å². The zero-order valence-corrected chi connectivity index (χ0v) is 30.3. The van der Waals surface area contributed by atoms with Gasteiger partial charge in [-0.1, -0.05) is 108 Å². The van der Waals surface area contributed by atoms with Crippen LogP contribution in [0.4, 0.5) is 0 Å². The summed E-state index contributed by atoms with van der Waals surface area (Å²) < 4.78 is 1.98. The topological polar surface area (TPSA) is 50.4 Å². The van der Waals surface area contributed by atoms with Gasteiger partial charge in [0.05, 0.1) is 16.9 Å². The molecule has 4 heterocycles. The zero-order chi connectivity index (χ0) is 35.4. The van der Waals surface area contributed by atoms with Crippen molar-refractivity contribution < 1.29 is 5.11 Å².